The van der Waals surface area contributed by atoms with Crippen LogP contribution in [-0.4, -0.2) is 47.0 Å². The van der Waals surface area contributed by atoms with Gasteiger partial charge >= 0.3 is 0 Å². The van der Waals surface area contributed by atoms with Crippen molar-refractivity contribution in [2.24, 2.45) is 4.99 Å². The van der Waals surface area contributed by atoms with Crippen LogP contribution < -0.4 is 5.32 Å². The predicted octanol–water partition coefficient (Wildman–Crippen LogP) is 2.33. The molecule has 1 N–H and O–H groups in total. The number of hydrogen-bond acceptors (Lipinski definition) is 3. The van der Waals surface area contributed by atoms with Gasteiger partial charge in [0.1, 0.15) is 0 Å². The summed E-state index contributed by atoms with van der Waals surface area (Å²) in [7, 11) is 0. The van der Waals surface area contributed by atoms with Gasteiger partial charge in [0.15, 0.2) is 5.17 Å². The van der Waals surface area contributed by atoms with Gasteiger partial charge in [0.05, 0.1) is 6.04 Å². The molecule has 0 aromatic rings. The number of nitrogens with one attached hydrogen (secondary N) is 1. The molecule has 3 nitrogen and oxygen atoms in total. The Labute approximate surface area is 109 Å². The molecule has 2 saturated heterocycles. The summed E-state index contributed by atoms with van der Waals surface area (Å²) in [6, 6.07) is 0.512. The van der Waals surface area contributed by atoms with E-state index in [-0.39, 0.29) is 5.54 Å². The smallest absolute Gasteiger partial charge is 0.157 e. The van der Waals surface area contributed by atoms with Crippen LogP contribution in [0.25, 0.3) is 0 Å². The molecule has 2 unspecified atom stereocenters. The van der Waals surface area contributed by atoms with Gasteiger partial charge in [0.25, 0.3) is 0 Å². The van der Waals surface area contributed by atoms with Gasteiger partial charge < -0.3 is 10.2 Å². The number of hydrogen-bond donors (Lipinski definition) is 1. The lowest BCUT2D eigenvalue weighted by Gasteiger charge is -2.30. The highest BCUT2D eigenvalue weighted by atomic mass is 32.2. The molecule has 0 amide bonds. The summed E-state index contributed by atoms with van der Waals surface area (Å²) in [6.07, 6.45) is 3.72. The normalized spacial score (nSPS) is 37.4. The second-order valence-corrected chi connectivity index (χ2v) is 6.42. The van der Waals surface area contributed by atoms with E-state index in [2.05, 4.69) is 31.0 Å². The molecule has 98 valence electrons. The number of nitrogens with zero attached hydrogens (tertiary/aromatic N) is 2. The van der Waals surface area contributed by atoms with Gasteiger partial charge in [0, 0.05) is 17.8 Å². The minimum atomic E-state index is 0.266. The summed E-state index contributed by atoms with van der Waals surface area (Å²) in [5, 5.41) is 4.77. The quantitative estimate of drug-likeness (QED) is 0.839. The van der Waals surface area contributed by atoms with Crippen LogP contribution in [0.1, 0.15) is 40.0 Å². The second-order valence-electron chi connectivity index (χ2n) is 5.45. The van der Waals surface area contributed by atoms with Crippen LogP contribution in [0.15, 0.2) is 4.99 Å². The first kappa shape index (κ1) is 13.2. The Morgan fingerprint density at radius 3 is 3.00 bits per heavy atom. The molecule has 2 rings (SSSR count). The third-order valence-electron chi connectivity index (χ3n) is 3.94. The average molecular weight is 255 g/mol. The van der Waals surface area contributed by atoms with Crippen LogP contribution in [0.3, 0.4) is 0 Å². The number of piperidine rings is 1. The van der Waals surface area contributed by atoms with Crippen molar-refractivity contribution in [2.75, 3.05) is 25.4 Å². The maximum absolute atomic E-state index is 4.90. The molecule has 2 aliphatic rings. The van der Waals surface area contributed by atoms with Crippen molar-refractivity contribution in [1.29, 1.82) is 0 Å². The van der Waals surface area contributed by atoms with E-state index in [0.717, 1.165) is 18.8 Å². The molecule has 2 aliphatic heterocycles. The first-order valence-corrected chi connectivity index (χ1v) is 7.85. The number of aliphatic imine (C=N–C) groups is 1. The fourth-order valence-electron chi connectivity index (χ4n) is 2.41. The van der Waals surface area contributed by atoms with Gasteiger partial charge in [-0.15, -0.1) is 0 Å². The van der Waals surface area contributed by atoms with Gasteiger partial charge in [-0.25, -0.2) is 0 Å². The molecule has 4 heteroatoms. The number of likely N-dealkylation sites (tertiary alicyclic amines) is 1. The van der Waals surface area contributed by atoms with Crippen molar-refractivity contribution in [1.82, 2.24) is 10.2 Å². The molecule has 17 heavy (non-hydrogen) atoms. The molecule has 0 radical (unpaired) electrons. The molecule has 0 saturated carbocycles. The largest absolute Gasteiger partial charge is 0.359 e. The van der Waals surface area contributed by atoms with E-state index >= 15 is 0 Å². The molecule has 2 atom stereocenters. The van der Waals surface area contributed by atoms with Gasteiger partial charge in [-0.2, -0.15) is 0 Å². The van der Waals surface area contributed by atoms with Crippen molar-refractivity contribution in [3.63, 3.8) is 0 Å². The maximum atomic E-state index is 4.90. The third-order valence-corrected chi connectivity index (χ3v) is 5.21. The van der Waals surface area contributed by atoms with Crippen molar-refractivity contribution >= 4 is 16.9 Å². The molecule has 2 heterocycles. The number of likely N-dealkylation sites (N-methyl/N-ethyl adjacent to an activating group) is 1. The first-order chi connectivity index (χ1) is 8.15. The van der Waals surface area contributed by atoms with E-state index in [1.54, 1.807) is 0 Å². The fraction of sp³-hybridized carbons (Fsp3) is 0.923. The second kappa shape index (κ2) is 5.61. The highest BCUT2D eigenvalue weighted by molar-refractivity contribution is 8.14. The predicted molar refractivity (Wildman–Crippen MR) is 76.9 cm³/mol. The Morgan fingerprint density at radius 1 is 1.53 bits per heavy atom. The number of thioether (sulfide) groups is 1. The first-order valence-electron chi connectivity index (χ1n) is 6.86. The SMILES string of the molecule is CCN1CCCC(N=C2NC(C)(CC)CS2)C1. The van der Waals surface area contributed by atoms with Gasteiger partial charge in [-0.1, -0.05) is 25.6 Å². The van der Waals surface area contributed by atoms with Crippen LogP contribution in [0.4, 0.5) is 0 Å². The van der Waals surface area contributed by atoms with E-state index in [4.69, 9.17) is 4.99 Å². The van der Waals surface area contributed by atoms with Crippen LogP contribution in [0.2, 0.25) is 0 Å². The molecular weight excluding hydrogens is 230 g/mol. The van der Waals surface area contributed by atoms with E-state index in [0.29, 0.717) is 6.04 Å². The maximum Gasteiger partial charge on any atom is 0.157 e. The lowest BCUT2D eigenvalue weighted by molar-refractivity contribution is 0.220. The Bertz CT molecular complexity index is 292. The van der Waals surface area contributed by atoms with Crippen LogP contribution >= 0.6 is 11.8 Å². The van der Waals surface area contributed by atoms with E-state index in [1.165, 1.54) is 31.0 Å². The zero-order chi connectivity index (χ0) is 12.3. The third kappa shape index (κ3) is 3.38. The fourth-order valence-corrected chi connectivity index (χ4v) is 3.68. The lowest BCUT2D eigenvalue weighted by Crippen LogP contribution is -2.41. The Hall–Kier alpha value is -0.220. The molecular formula is C13H25N3S. The van der Waals surface area contributed by atoms with Crippen molar-refractivity contribution < 1.29 is 0 Å². The van der Waals surface area contributed by atoms with Gasteiger partial charge in [-0.3, -0.25) is 4.99 Å². The summed E-state index contributed by atoms with van der Waals surface area (Å²) in [5.74, 6) is 1.16. The Kier molecular flexibility index (Phi) is 4.36. The van der Waals surface area contributed by atoms with E-state index in [9.17, 15) is 0 Å². The Balaban J connectivity index is 1.92. The molecule has 2 fully saturated rings. The summed E-state index contributed by atoms with van der Waals surface area (Å²) < 4.78 is 0. The summed E-state index contributed by atoms with van der Waals surface area (Å²) in [4.78, 5) is 7.41. The highest BCUT2D eigenvalue weighted by Gasteiger charge is 2.31. The zero-order valence-electron chi connectivity index (χ0n) is 11.3. The topological polar surface area (TPSA) is 27.6 Å². The van der Waals surface area contributed by atoms with Gasteiger partial charge in [0.2, 0.25) is 0 Å². The number of rotatable bonds is 3. The molecule has 0 bridgehead atoms. The number of amidine groups is 1. The van der Waals surface area contributed by atoms with E-state index in [1.807, 2.05) is 11.8 Å². The van der Waals surface area contributed by atoms with Crippen LogP contribution in [0.5, 0.6) is 0 Å². The highest BCUT2D eigenvalue weighted by Crippen LogP contribution is 2.26. The molecule has 0 spiro atoms. The van der Waals surface area contributed by atoms with Crippen molar-refractivity contribution in [3.8, 4) is 0 Å². The summed E-state index contributed by atoms with van der Waals surface area (Å²) >= 11 is 1.90. The molecule has 0 aromatic heterocycles. The minimum absolute atomic E-state index is 0.266. The van der Waals surface area contributed by atoms with Crippen LogP contribution in [-0.2, 0) is 0 Å². The standard InChI is InChI=1S/C13H25N3S/c1-4-13(3)10-17-12(15-13)14-11-7-6-8-16(5-2)9-11/h11H,4-10H2,1-3H3,(H,14,15). The summed E-state index contributed by atoms with van der Waals surface area (Å²) in [5.41, 5.74) is 0.266. The molecule has 0 aliphatic carbocycles. The monoisotopic (exact) mass is 255 g/mol. The average Bonchev–Trinajstić information content (AvgIpc) is 2.72. The minimum Gasteiger partial charge on any atom is -0.359 e. The van der Waals surface area contributed by atoms with Gasteiger partial charge in [-0.05, 0) is 39.3 Å². The summed E-state index contributed by atoms with van der Waals surface area (Å²) in [6.45, 7) is 10.3. The van der Waals surface area contributed by atoms with E-state index < -0.39 is 0 Å². The molecule has 0 aromatic carbocycles. The zero-order valence-corrected chi connectivity index (χ0v) is 12.1. The van der Waals surface area contributed by atoms with Crippen LogP contribution in [0, 0.1) is 0 Å². The van der Waals surface area contributed by atoms with Crippen molar-refractivity contribution in [3.05, 3.63) is 0 Å². The lowest BCUT2D eigenvalue weighted by atomic mass is 10.0. The van der Waals surface area contributed by atoms with Crippen molar-refractivity contribution in [2.45, 2.75) is 51.6 Å². The Morgan fingerprint density at radius 2 is 2.35 bits per heavy atom.